The summed E-state index contributed by atoms with van der Waals surface area (Å²) in [7, 11) is 0. The van der Waals surface area contributed by atoms with E-state index in [0.717, 1.165) is 11.2 Å². The number of carbonyl (C=O) groups excluding carboxylic acids is 1. The highest BCUT2D eigenvalue weighted by molar-refractivity contribution is 8.00. The summed E-state index contributed by atoms with van der Waals surface area (Å²) < 4.78 is 1.74. The summed E-state index contributed by atoms with van der Waals surface area (Å²) in [6.45, 7) is 3.46. The fourth-order valence-corrected chi connectivity index (χ4v) is 2.33. The molecule has 0 aliphatic rings. The largest absolute Gasteiger partial charge is 0.299 e. The molecule has 86 valence electrons. The van der Waals surface area contributed by atoms with Crippen LogP contribution in [0.15, 0.2) is 23.2 Å². The lowest BCUT2D eigenvalue weighted by molar-refractivity contribution is -0.114. The maximum atomic E-state index is 11.0. The van der Waals surface area contributed by atoms with Gasteiger partial charge in [-0.3, -0.25) is 4.79 Å². The summed E-state index contributed by atoms with van der Waals surface area (Å²) >= 11 is 1.31. The number of fused-ring (bicyclic) bond motifs is 1. The average Bonchev–Trinajstić information content (AvgIpc) is 2.65. The number of nitriles is 1. The van der Waals surface area contributed by atoms with Crippen molar-refractivity contribution in [2.24, 2.45) is 0 Å². The monoisotopic (exact) mass is 245 g/mol. The van der Waals surface area contributed by atoms with Gasteiger partial charge < -0.3 is 0 Å². The van der Waals surface area contributed by atoms with Gasteiger partial charge in [0.1, 0.15) is 22.4 Å². The number of aromatic nitrogens is 2. The van der Waals surface area contributed by atoms with Crippen LogP contribution in [-0.4, -0.2) is 21.2 Å². The normalized spacial score (nSPS) is 10.4. The summed E-state index contributed by atoms with van der Waals surface area (Å²) in [5, 5.41) is 14.1. The molecule has 2 heterocycles. The first-order valence-corrected chi connectivity index (χ1v) is 6.12. The van der Waals surface area contributed by atoms with E-state index in [2.05, 4.69) is 11.2 Å². The molecule has 0 aliphatic carbocycles. The third kappa shape index (κ3) is 2.17. The Morgan fingerprint density at radius 3 is 3.00 bits per heavy atom. The molecule has 0 aliphatic heterocycles. The minimum atomic E-state index is 0.0765. The lowest BCUT2D eigenvalue weighted by Crippen LogP contribution is -1.94. The lowest BCUT2D eigenvalue weighted by atomic mass is 10.2. The molecule has 0 saturated heterocycles. The van der Waals surface area contributed by atoms with Crippen molar-refractivity contribution < 1.29 is 4.79 Å². The van der Waals surface area contributed by atoms with Crippen LogP contribution < -0.4 is 0 Å². The standard InChI is InChI=1S/C12H11N3OS/c1-8-4-3-5-11-10(6-13)12(14-15(8)11)17-7-9(2)16/h3-5H,7H2,1-2H3. The van der Waals surface area contributed by atoms with Crippen LogP contribution in [0.1, 0.15) is 18.2 Å². The molecule has 17 heavy (non-hydrogen) atoms. The number of Topliss-reactive ketones (excluding diaryl/α,β-unsaturated/α-hetero) is 1. The Morgan fingerprint density at radius 2 is 2.35 bits per heavy atom. The molecule has 0 aromatic carbocycles. The van der Waals surface area contributed by atoms with E-state index < -0.39 is 0 Å². The number of aryl methyl sites for hydroxylation is 1. The molecule has 2 aromatic heterocycles. The minimum Gasteiger partial charge on any atom is -0.299 e. The Bertz CT molecular complexity index is 624. The van der Waals surface area contributed by atoms with Gasteiger partial charge >= 0.3 is 0 Å². The van der Waals surface area contributed by atoms with Crippen LogP contribution in [0.3, 0.4) is 0 Å². The summed E-state index contributed by atoms with van der Waals surface area (Å²) in [4.78, 5) is 11.0. The number of carbonyl (C=O) groups is 1. The van der Waals surface area contributed by atoms with Crippen molar-refractivity contribution in [3.63, 3.8) is 0 Å². The van der Waals surface area contributed by atoms with Crippen molar-refractivity contribution in [3.8, 4) is 6.07 Å². The van der Waals surface area contributed by atoms with Crippen LogP contribution in [0.4, 0.5) is 0 Å². The molecule has 0 bridgehead atoms. The van der Waals surface area contributed by atoms with Gasteiger partial charge in [0.2, 0.25) is 0 Å². The summed E-state index contributed by atoms with van der Waals surface area (Å²) in [5.41, 5.74) is 2.30. The minimum absolute atomic E-state index is 0.0765. The Kier molecular flexibility index (Phi) is 3.16. The predicted molar refractivity (Wildman–Crippen MR) is 66.0 cm³/mol. The summed E-state index contributed by atoms with van der Waals surface area (Å²) in [6.07, 6.45) is 0. The van der Waals surface area contributed by atoms with Crippen molar-refractivity contribution in [3.05, 3.63) is 29.5 Å². The quantitative estimate of drug-likeness (QED) is 0.778. The maximum absolute atomic E-state index is 11.0. The lowest BCUT2D eigenvalue weighted by Gasteiger charge is -1.96. The van der Waals surface area contributed by atoms with E-state index in [9.17, 15) is 4.79 Å². The van der Waals surface area contributed by atoms with Crippen LogP contribution in [0.25, 0.3) is 5.52 Å². The van der Waals surface area contributed by atoms with Gasteiger partial charge in [-0.15, -0.1) is 0 Å². The second-order valence-corrected chi connectivity index (χ2v) is 4.71. The molecule has 0 amide bonds. The summed E-state index contributed by atoms with van der Waals surface area (Å²) in [6, 6.07) is 7.84. The zero-order valence-corrected chi connectivity index (χ0v) is 10.4. The molecule has 0 atom stereocenters. The molecule has 5 heteroatoms. The van der Waals surface area contributed by atoms with Crippen LogP contribution in [0.5, 0.6) is 0 Å². The van der Waals surface area contributed by atoms with Crippen molar-refractivity contribution in [1.82, 2.24) is 9.61 Å². The second kappa shape index (κ2) is 4.60. The van der Waals surface area contributed by atoms with Crippen LogP contribution in [0.2, 0.25) is 0 Å². The number of hydrogen-bond donors (Lipinski definition) is 0. The molecule has 2 aromatic rings. The SMILES string of the molecule is CC(=O)CSc1nn2c(C)cccc2c1C#N. The van der Waals surface area contributed by atoms with Gasteiger partial charge in [0.15, 0.2) is 0 Å². The third-order valence-electron chi connectivity index (χ3n) is 2.34. The molecule has 0 N–H and O–H groups in total. The number of thioether (sulfide) groups is 1. The van der Waals surface area contributed by atoms with Gasteiger partial charge in [-0.1, -0.05) is 17.8 Å². The number of nitrogens with zero attached hydrogens (tertiary/aromatic N) is 3. The predicted octanol–water partition coefficient (Wildman–Crippen LogP) is 2.20. The van der Waals surface area contributed by atoms with Gasteiger partial charge in [0, 0.05) is 5.69 Å². The Balaban J connectivity index is 2.53. The fourth-order valence-electron chi connectivity index (χ4n) is 1.56. The van der Waals surface area contributed by atoms with Crippen LogP contribution >= 0.6 is 11.8 Å². The van der Waals surface area contributed by atoms with E-state index in [0.29, 0.717) is 16.3 Å². The third-order valence-corrected chi connectivity index (χ3v) is 3.45. The summed E-state index contributed by atoms with van der Waals surface area (Å²) in [5.74, 6) is 0.421. The van der Waals surface area contributed by atoms with Crippen molar-refractivity contribution in [2.75, 3.05) is 5.75 Å². The molecule has 0 radical (unpaired) electrons. The Hall–Kier alpha value is -1.80. The van der Waals surface area contributed by atoms with E-state index >= 15 is 0 Å². The van der Waals surface area contributed by atoms with Crippen LogP contribution in [0, 0.1) is 18.3 Å². The Labute approximate surface area is 103 Å². The molecule has 4 nitrogen and oxygen atoms in total. The highest BCUT2D eigenvalue weighted by Crippen LogP contribution is 2.25. The van der Waals surface area contributed by atoms with Crippen molar-refractivity contribution in [1.29, 1.82) is 5.26 Å². The first-order chi connectivity index (χ1) is 8.13. The molecular formula is C12H11N3OS. The molecule has 0 unspecified atom stereocenters. The topological polar surface area (TPSA) is 58.2 Å². The average molecular weight is 245 g/mol. The maximum Gasteiger partial charge on any atom is 0.140 e. The highest BCUT2D eigenvalue weighted by atomic mass is 32.2. The number of rotatable bonds is 3. The first kappa shape index (κ1) is 11.7. The van der Waals surface area contributed by atoms with Crippen LogP contribution in [-0.2, 0) is 4.79 Å². The molecular weight excluding hydrogens is 234 g/mol. The van der Waals surface area contributed by atoms with E-state index in [1.165, 1.54) is 18.7 Å². The number of ketones is 1. The van der Waals surface area contributed by atoms with E-state index in [1.54, 1.807) is 4.52 Å². The van der Waals surface area contributed by atoms with E-state index in [4.69, 9.17) is 5.26 Å². The van der Waals surface area contributed by atoms with Gasteiger partial charge in [-0.2, -0.15) is 10.4 Å². The van der Waals surface area contributed by atoms with Gasteiger partial charge in [0.25, 0.3) is 0 Å². The number of pyridine rings is 1. The van der Waals surface area contributed by atoms with Crippen molar-refractivity contribution >= 4 is 23.1 Å². The van der Waals surface area contributed by atoms with Gasteiger partial charge in [-0.25, -0.2) is 4.52 Å². The van der Waals surface area contributed by atoms with Crippen molar-refractivity contribution in [2.45, 2.75) is 18.9 Å². The Morgan fingerprint density at radius 1 is 1.59 bits per heavy atom. The second-order valence-electron chi connectivity index (χ2n) is 3.75. The zero-order valence-electron chi connectivity index (χ0n) is 9.60. The van der Waals surface area contributed by atoms with E-state index in [1.807, 2.05) is 25.1 Å². The molecule has 0 spiro atoms. The molecule has 0 fully saturated rings. The van der Waals surface area contributed by atoms with Gasteiger partial charge in [0.05, 0.1) is 11.3 Å². The smallest absolute Gasteiger partial charge is 0.140 e. The zero-order chi connectivity index (χ0) is 12.4. The fraction of sp³-hybridized carbons (Fsp3) is 0.250. The molecule has 0 saturated carbocycles. The van der Waals surface area contributed by atoms with E-state index in [-0.39, 0.29) is 5.78 Å². The highest BCUT2D eigenvalue weighted by Gasteiger charge is 2.14. The molecule has 2 rings (SSSR count). The first-order valence-electron chi connectivity index (χ1n) is 5.14. The number of hydrogen-bond acceptors (Lipinski definition) is 4. The van der Waals surface area contributed by atoms with Gasteiger partial charge in [-0.05, 0) is 26.0 Å².